The quantitative estimate of drug-likeness (QED) is 0.448. The lowest BCUT2D eigenvalue weighted by atomic mass is 10.1. The molecule has 0 aromatic heterocycles. The zero-order valence-corrected chi connectivity index (χ0v) is 15.6. The highest BCUT2D eigenvalue weighted by atomic mass is 79.9. The maximum absolute atomic E-state index is 13.8. The summed E-state index contributed by atoms with van der Waals surface area (Å²) in [7, 11) is 0. The number of terminal acetylenes is 1. The summed E-state index contributed by atoms with van der Waals surface area (Å²) in [6, 6.07) is 10.6. The molecule has 27 heavy (non-hydrogen) atoms. The second-order valence-electron chi connectivity index (χ2n) is 5.65. The van der Waals surface area contributed by atoms with Crippen LogP contribution >= 0.6 is 15.9 Å². The number of hydrogen-bond acceptors (Lipinski definition) is 3. The molecule has 136 valence electrons. The van der Waals surface area contributed by atoms with Gasteiger partial charge in [0.1, 0.15) is 23.9 Å². The molecule has 3 rings (SSSR count). The highest BCUT2D eigenvalue weighted by Gasteiger charge is 2.33. The molecule has 0 spiro atoms. The average molecular weight is 429 g/mol. The molecule has 2 aromatic carbocycles. The van der Waals surface area contributed by atoms with Gasteiger partial charge >= 0.3 is 6.03 Å². The lowest BCUT2D eigenvalue weighted by Crippen LogP contribution is -2.30. The number of carbonyl (C=O) groups excluding carboxylic acids is 2. The molecule has 5 nitrogen and oxygen atoms in total. The molecule has 1 aliphatic heterocycles. The van der Waals surface area contributed by atoms with Crippen LogP contribution in [-0.4, -0.2) is 23.4 Å². The zero-order chi connectivity index (χ0) is 19.4. The number of urea groups is 1. The van der Waals surface area contributed by atoms with Crippen molar-refractivity contribution in [3.8, 4) is 18.1 Å². The van der Waals surface area contributed by atoms with Crippen LogP contribution in [0.15, 0.2) is 52.6 Å². The number of imide groups is 1. The molecule has 1 fully saturated rings. The monoisotopic (exact) mass is 428 g/mol. The van der Waals surface area contributed by atoms with Gasteiger partial charge in [-0.25, -0.2) is 9.18 Å². The van der Waals surface area contributed by atoms with Crippen LogP contribution in [0.25, 0.3) is 6.08 Å². The van der Waals surface area contributed by atoms with Gasteiger partial charge in [-0.1, -0.05) is 30.2 Å². The minimum atomic E-state index is -0.595. The molecule has 0 unspecified atom stereocenters. The highest BCUT2D eigenvalue weighted by molar-refractivity contribution is 9.10. The Kier molecular flexibility index (Phi) is 5.57. The fourth-order valence-electron chi connectivity index (χ4n) is 2.52. The van der Waals surface area contributed by atoms with Crippen LogP contribution in [0.3, 0.4) is 0 Å². The normalized spacial score (nSPS) is 15.0. The number of benzene rings is 2. The van der Waals surface area contributed by atoms with E-state index >= 15 is 0 Å². The Morgan fingerprint density at radius 2 is 2.04 bits per heavy atom. The van der Waals surface area contributed by atoms with E-state index in [0.29, 0.717) is 15.8 Å². The van der Waals surface area contributed by atoms with Crippen molar-refractivity contribution in [3.05, 3.63) is 69.6 Å². The first-order chi connectivity index (χ1) is 13.0. The van der Waals surface area contributed by atoms with E-state index in [4.69, 9.17) is 11.2 Å². The molecule has 0 atom stereocenters. The first-order valence-electron chi connectivity index (χ1n) is 7.93. The summed E-state index contributed by atoms with van der Waals surface area (Å²) in [5.74, 6) is 1.95. The summed E-state index contributed by atoms with van der Waals surface area (Å²) in [6.45, 7) is -0.00414. The SMILES string of the molecule is C#CCOc1ccc(C=C2NC(=O)N(Cc3ccccc3F)C2=O)cc1Br. The van der Waals surface area contributed by atoms with Crippen molar-refractivity contribution < 1.29 is 18.7 Å². The molecule has 1 saturated heterocycles. The van der Waals surface area contributed by atoms with Gasteiger partial charge < -0.3 is 10.1 Å². The maximum atomic E-state index is 13.8. The van der Waals surface area contributed by atoms with E-state index in [-0.39, 0.29) is 24.4 Å². The van der Waals surface area contributed by atoms with E-state index < -0.39 is 17.8 Å². The van der Waals surface area contributed by atoms with E-state index in [9.17, 15) is 14.0 Å². The van der Waals surface area contributed by atoms with Gasteiger partial charge in [-0.15, -0.1) is 6.42 Å². The van der Waals surface area contributed by atoms with Gasteiger partial charge in [0.15, 0.2) is 0 Å². The van der Waals surface area contributed by atoms with Gasteiger partial charge in [0.2, 0.25) is 0 Å². The molecule has 1 N–H and O–H groups in total. The van der Waals surface area contributed by atoms with Crippen LogP contribution in [0, 0.1) is 18.2 Å². The zero-order valence-electron chi connectivity index (χ0n) is 14.0. The van der Waals surface area contributed by atoms with E-state index in [1.54, 1.807) is 30.3 Å². The first kappa shape index (κ1) is 18.7. The third kappa shape index (κ3) is 4.18. The van der Waals surface area contributed by atoms with Crippen LogP contribution in [0.2, 0.25) is 0 Å². The van der Waals surface area contributed by atoms with Gasteiger partial charge in [0.25, 0.3) is 5.91 Å². The third-order valence-corrected chi connectivity index (χ3v) is 4.45. The average Bonchev–Trinajstić information content (AvgIpc) is 2.90. The summed E-state index contributed by atoms with van der Waals surface area (Å²) >= 11 is 3.37. The molecule has 0 bridgehead atoms. The summed E-state index contributed by atoms with van der Waals surface area (Å²) < 4.78 is 19.8. The van der Waals surface area contributed by atoms with Gasteiger partial charge in [-0.2, -0.15) is 0 Å². The van der Waals surface area contributed by atoms with Crippen molar-refractivity contribution in [2.75, 3.05) is 6.61 Å². The Morgan fingerprint density at radius 1 is 1.26 bits per heavy atom. The summed E-state index contributed by atoms with van der Waals surface area (Å²) in [5, 5.41) is 2.51. The van der Waals surface area contributed by atoms with E-state index in [2.05, 4.69) is 27.2 Å². The third-order valence-electron chi connectivity index (χ3n) is 3.83. The molecule has 3 amide bonds. The Balaban J connectivity index is 1.79. The van der Waals surface area contributed by atoms with Crippen molar-refractivity contribution >= 4 is 33.9 Å². The van der Waals surface area contributed by atoms with Crippen LogP contribution < -0.4 is 10.1 Å². The van der Waals surface area contributed by atoms with Gasteiger partial charge in [-0.3, -0.25) is 9.69 Å². The van der Waals surface area contributed by atoms with E-state index in [1.165, 1.54) is 18.2 Å². The predicted octanol–water partition coefficient (Wildman–Crippen LogP) is 3.69. The van der Waals surface area contributed by atoms with Crippen molar-refractivity contribution in [3.63, 3.8) is 0 Å². The van der Waals surface area contributed by atoms with Crippen LogP contribution in [0.5, 0.6) is 5.75 Å². The number of carbonyl (C=O) groups is 2. The molecule has 1 aliphatic rings. The van der Waals surface area contributed by atoms with Gasteiger partial charge in [-0.05, 0) is 45.8 Å². The van der Waals surface area contributed by atoms with E-state index in [1.807, 2.05) is 0 Å². The number of nitrogens with zero attached hydrogens (tertiary/aromatic N) is 1. The topological polar surface area (TPSA) is 58.6 Å². The number of amides is 3. The number of ether oxygens (including phenoxy) is 1. The molecule has 0 aliphatic carbocycles. The smallest absolute Gasteiger partial charge is 0.329 e. The largest absolute Gasteiger partial charge is 0.480 e. The van der Waals surface area contributed by atoms with Crippen LogP contribution in [-0.2, 0) is 11.3 Å². The molecule has 1 heterocycles. The molecule has 7 heteroatoms. The second kappa shape index (κ2) is 8.06. The van der Waals surface area contributed by atoms with Crippen LogP contribution in [0.4, 0.5) is 9.18 Å². The number of rotatable bonds is 5. The number of halogens is 2. The van der Waals surface area contributed by atoms with Crippen LogP contribution in [0.1, 0.15) is 11.1 Å². The summed E-state index contributed by atoms with van der Waals surface area (Å²) in [6.07, 6.45) is 6.70. The molecule has 0 saturated carbocycles. The molecular weight excluding hydrogens is 415 g/mol. The minimum absolute atomic E-state index is 0.112. The van der Waals surface area contributed by atoms with Crippen molar-refractivity contribution in [2.24, 2.45) is 0 Å². The van der Waals surface area contributed by atoms with E-state index in [0.717, 1.165) is 4.90 Å². The summed E-state index contributed by atoms with van der Waals surface area (Å²) in [5.41, 5.74) is 1.05. The van der Waals surface area contributed by atoms with Gasteiger partial charge in [0.05, 0.1) is 11.0 Å². The fourth-order valence-corrected chi connectivity index (χ4v) is 3.03. The van der Waals surface area contributed by atoms with Crippen molar-refractivity contribution in [2.45, 2.75) is 6.54 Å². The molecule has 0 radical (unpaired) electrons. The van der Waals surface area contributed by atoms with Crippen molar-refractivity contribution in [1.29, 1.82) is 0 Å². The predicted molar refractivity (Wildman–Crippen MR) is 102 cm³/mol. The Labute approximate surface area is 163 Å². The molecule has 2 aromatic rings. The number of hydrogen-bond donors (Lipinski definition) is 1. The van der Waals surface area contributed by atoms with Gasteiger partial charge in [0, 0.05) is 5.56 Å². The first-order valence-corrected chi connectivity index (χ1v) is 8.72. The Hall–Kier alpha value is -3.11. The maximum Gasteiger partial charge on any atom is 0.329 e. The van der Waals surface area contributed by atoms with Crippen molar-refractivity contribution in [1.82, 2.24) is 10.2 Å². The fraction of sp³-hybridized carbons (Fsp3) is 0.100. The Bertz CT molecular complexity index is 981. The second-order valence-corrected chi connectivity index (χ2v) is 6.51. The highest BCUT2D eigenvalue weighted by Crippen LogP contribution is 2.27. The number of nitrogens with one attached hydrogen (secondary N) is 1. The minimum Gasteiger partial charge on any atom is -0.480 e. The molecular formula is C20H14BrFN2O3. The summed E-state index contributed by atoms with van der Waals surface area (Å²) in [4.78, 5) is 25.6. The lowest BCUT2D eigenvalue weighted by molar-refractivity contribution is -0.123. The Morgan fingerprint density at radius 3 is 2.74 bits per heavy atom. The standard InChI is InChI=1S/C20H14BrFN2O3/c1-2-9-27-18-8-7-13(10-15(18)21)11-17-19(25)24(20(26)23-17)12-14-5-3-4-6-16(14)22/h1,3-8,10-11H,9,12H2,(H,23,26). The lowest BCUT2D eigenvalue weighted by Gasteiger charge is -2.12.